The first-order chi connectivity index (χ1) is 7.86. The lowest BCUT2D eigenvalue weighted by Gasteiger charge is -2.05. The molecule has 0 aliphatic heterocycles. The van der Waals surface area contributed by atoms with Crippen LogP contribution in [0.5, 0.6) is 5.75 Å². The van der Waals surface area contributed by atoms with Crippen molar-refractivity contribution in [3.8, 4) is 5.75 Å². The summed E-state index contributed by atoms with van der Waals surface area (Å²) in [5.41, 5.74) is 0. The zero-order chi connectivity index (χ0) is 11.6. The second-order valence-electron chi connectivity index (χ2n) is 3.73. The largest absolute Gasteiger partial charge is 0.493 e. The summed E-state index contributed by atoms with van der Waals surface area (Å²) < 4.78 is 5.42. The number of rotatable bonds is 8. The van der Waals surface area contributed by atoms with Crippen molar-refractivity contribution in [2.45, 2.75) is 44.4 Å². The standard InChI is InChI=1S/C14H21OS/c1-3-5-6-7-11-16-14-10-8-9-13(12-14)15-4-2/h8,10,12H,3-7,11H2,1-2H3. The Morgan fingerprint density at radius 1 is 1.25 bits per heavy atom. The normalized spacial score (nSPS) is 10.4. The van der Waals surface area contributed by atoms with E-state index in [9.17, 15) is 0 Å². The van der Waals surface area contributed by atoms with Gasteiger partial charge in [-0.15, -0.1) is 11.8 Å². The van der Waals surface area contributed by atoms with Crippen molar-refractivity contribution in [1.82, 2.24) is 0 Å². The van der Waals surface area contributed by atoms with E-state index in [0.717, 1.165) is 5.75 Å². The van der Waals surface area contributed by atoms with E-state index in [0.29, 0.717) is 6.61 Å². The zero-order valence-corrected chi connectivity index (χ0v) is 11.1. The van der Waals surface area contributed by atoms with Gasteiger partial charge in [-0.1, -0.05) is 26.2 Å². The molecule has 0 saturated heterocycles. The Kier molecular flexibility index (Phi) is 7.15. The van der Waals surface area contributed by atoms with E-state index in [1.54, 1.807) is 0 Å². The molecule has 0 heterocycles. The Hall–Kier alpha value is -0.630. The summed E-state index contributed by atoms with van der Waals surface area (Å²) in [6, 6.07) is 9.21. The molecule has 16 heavy (non-hydrogen) atoms. The fraction of sp³-hybridized carbons (Fsp3) is 0.571. The fourth-order valence-electron chi connectivity index (χ4n) is 1.47. The molecular weight excluding hydrogens is 216 g/mol. The summed E-state index contributed by atoms with van der Waals surface area (Å²) in [7, 11) is 0. The van der Waals surface area contributed by atoms with Crippen molar-refractivity contribution in [2.24, 2.45) is 0 Å². The third-order valence-electron chi connectivity index (χ3n) is 2.31. The molecule has 1 radical (unpaired) electrons. The van der Waals surface area contributed by atoms with Crippen LogP contribution in [0.4, 0.5) is 0 Å². The molecular formula is C14H21OS. The molecule has 1 rings (SSSR count). The second-order valence-corrected chi connectivity index (χ2v) is 4.90. The monoisotopic (exact) mass is 237 g/mol. The molecule has 1 aromatic carbocycles. The Morgan fingerprint density at radius 2 is 2.12 bits per heavy atom. The number of hydrogen-bond acceptors (Lipinski definition) is 2. The van der Waals surface area contributed by atoms with Gasteiger partial charge >= 0.3 is 0 Å². The maximum Gasteiger partial charge on any atom is 0.128 e. The summed E-state index contributed by atoms with van der Waals surface area (Å²) in [5, 5.41) is 0. The van der Waals surface area contributed by atoms with E-state index in [1.807, 2.05) is 24.8 Å². The molecule has 0 aliphatic carbocycles. The van der Waals surface area contributed by atoms with E-state index >= 15 is 0 Å². The van der Waals surface area contributed by atoms with Crippen LogP contribution < -0.4 is 4.74 Å². The Balaban J connectivity index is 2.27. The summed E-state index contributed by atoms with van der Waals surface area (Å²) >= 11 is 1.91. The Labute approximate surface area is 104 Å². The molecule has 0 aliphatic rings. The molecule has 0 N–H and O–H groups in total. The van der Waals surface area contributed by atoms with Crippen LogP contribution in [0, 0.1) is 6.07 Å². The van der Waals surface area contributed by atoms with E-state index in [4.69, 9.17) is 4.74 Å². The molecule has 0 aromatic heterocycles. The van der Waals surface area contributed by atoms with Gasteiger partial charge in [-0.2, -0.15) is 0 Å². The number of thioether (sulfide) groups is 1. The molecule has 0 atom stereocenters. The molecule has 1 nitrogen and oxygen atoms in total. The average Bonchev–Trinajstić information content (AvgIpc) is 2.30. The number of hydrogen-bond donors (Lipinski definition) is 0. The molecule has 0 fully saturated rings. The highest BCUT2D eigenvalue weighted by Crippen LogP contribution is 2.23. The topological polar surface area (TPSA) is 9.23 Å². The molecule has 89 valence electrons. The van der Waals surface area contributed by atoms with Crippen molar-refractivity contribution in [2.75, 3.05) is 12.4 Å². The van der Waals surface area contributed by atoms with E-state index in [-0.39, 0.29) is 0 Å². The van der Waals surface area contributed by atoms with Crippen LogP contribution in [0.2, 0.25) is 0 Å². The van der Waals surface area contributed by atoms with Gasteiger partial charge in [0, 0.05) is 11.0 Å². The summed E-state index contributed by atoms with van der Waals surface area (Å²) in [5.74, 6) is 2.07. The number of ether oxygens (including phenoxy) is 1. The van der Waals surface area contributed by atoms with Gasteiger partial charge in [-0.25, -0.2) is 0 Å². The van der Waals surface area contributed by atoms with Crippen molar-refractivity contribution >= 4 is 11.8 Å². The first kappa shape index (κ1) is 13.4. The minimum atomic E-state index is 0.709. The third kappa shape index (κ3) is 5.45. The molecule has 0 unspecified atom stereocenters. The van der Waals surface area contributed by atoms with E-state index < -0.39 is 0 Å². The van der Waals surface area contributed by atoms with Gasteiger partial charge in [-0.05, 0) is 37.3 Å². The molecule has 1 aromatic rings. The highest BCUT2D eigenvalue weighted by atomic mass is 32.2. The maximum atomic E-state index is 5.42. The predicted octanol–water partition coefficient (Wildman–Crippen LogP) is 4.56. The summed E-state index contributed by atoms with van der Waals surface area (Å²) in [6.07, 6.45) is 5.31. The first-order valence-corrected chi connectivity index (χ1v) is 7.12. The average molecular weight is 237 g/mol. The molecule has 0 saturated carbocycles. The number of benzene rings is 1. The quantitative estimate of drug-likeness (QED) is 0.484. The maximum absolute atomic E-state index is 5.42. The van der Waals surface area contributed by atoms with Gasteiger partial charge < -0.3 is 4.74 Å². The van der Waals surface area contributed by atoms with Crippen molar-refractivity contribution in [3.63, 3.8) is 0 Å². The third-order valence-corrected chi connectivity index (χ3v) is 3.39. The SMILES string of the molecule is CCCCCCSc1cc[c]c(OCC)c1. The predicted molar refractivity (Wildman–Crippen MR) is 71.3 cm³/mol. The van der Waals surface area contributed by atoms with Gasteiger partial charge in [0.05, 0.1) is 6.61 Å². The molecule has 0 bridgehead atoms. The first-order valence-electron chi connectivity index (χ1n) is 6.14. The molecule has 0 amide bonds. The Morgan fingerprint density at radius 3 is 2.88 bits per heavy atom. The van der Waals surface area contributed by atoms with E-state index in [2.05, 4.69) is 25.1 Å². The number of unbranched alkanes of at least 4 members (excludes halogenated alkanes) is 3. The van der Waals surface area contributed by atoms with Crippen LogP contribution in [0.1, 0.15) is 39.5 Å². The second kappa shape index (κ2) is 8.51. The van der Waals surface area contributed by atoms with Crippen LogP contribution in [0.15, 0.2) is 23.1 Å². The van der Waals surface area contributed by atoms with Gasteiger partial charge in [0.25, 0.3) is 0 Å². The zero-order valence-electron chi connectivity index (χ0n) is 10.3. The van der Waals surface area contributed by atoms with Gasteiger partial charge in [0.15, 0.2) is 0 Å². The van der Waals surface area contributed by atoms with Crippen LogP contribution >= 0.6 is 11.8 Å². The lowest BCUT2D eigenvalue weighted by atomic mass is 10.2. The van der Waals surface area contributed by atoms with Crippen LogP contribution in [-0.2, 0) is 0 Å². The minimum Gasteiger partial charge on any atom is -0.493 e. The molecule has 0 spiro atoms. The van der Waals surface area contributed by atoms with Crippen LogP contribution in [-0.4, -0.2) is 12.4 Å². The van der Waals surface area contributed by atoms with Crippen LogP contribution in [0.25, 0.3) is 0 Å². The summed E-state index contributed by atoms with van der Waals surface area (Å²) in [4.78, 5) is 1.29. The highest BCUT2D eigenvalue weighted by Gasteiger charge is 1.97. The minimum absolute atomic E-state index is 0.709. The summed E-state index contributed by atoms with van der Waals surface area (Å²) in [6.45, 7) is 4.95. The van der Waals surface area contributed by atoms with Crippen LogP contribution in [0.3, 0.4) is 0 Å². The van der Waals surface area contributed by atoms with Gasteiger partial charge in [0.1, 0.15) is 5.75 Å². The highest BCUT2D eigenvalue weighted by molar-refractivity contribution is 7.99. The lowest BCUT2D eigenvalue weighted by Crippen LogP contribution is -1.91. The molecule has 2 heteroatoms. The van der Waals surface area contributed by atoms with Crippen molar-refractivity contribution in [1.29, 1.82) is 0 Å². The fourth-order valence-corrected chi connectivity index (χ4v) is 2.41. The van der Waals surface area contributed by atoms with Crippen molar-refractivity contribution in [3.05, 3.63) is 24.3 Å². The van der Waals surface area contributed by atoms with Gasteiger partial charge in [0.2, 0.25) is 0 Å². The van der Waals surface area contributed by atoms with Gasteiger partial charge in [-0.3, -0.25) is 0 Å². The lowest BCUT2D eigenvalue weighted by molar-refractivity contribution is 0.338. The Bertz CT molecular complexity index is 286. The van der Waals surface area contributed by atoms with Crippen molar-refractivity contribution < 1.29 is 4.74 Å². The smallest absolute Gasteiger partial charge is 0.128 e. The van der Waals surface area contributed by atoms with E-state index in [1.165, 1.54) is 36.3 Å².